The molecule has 0 heterocycles. The molecule has 1 N–H and O–H groups in total. The summed E-state index contributed by atoms with van der Waals surface area (Å²) in [5.41, 5.74) is 0. The van der Waals surface area contributed by atoms with Crippen LogP contribution in [0.2, 0.25) is 0 Å². The zero-order valence-electron chi connectivity index (χ0n) is 4.76. The van der Waals surface area contributed by atoms with Crippen LogP contribution in [0, 0.1) is 12.8 Å². The number of carboxylic acid groups (broad SMARTS) is 1. The number of methoxy groups -OCH3 is 1. The Labute approximate surface area is 48.3 Å². The SMILES string of the molecule is [CH2]C(COC)C(=O)O. The molecule has 1 unspecified atom stereocenters. The number of carbonyl (C=O) groups is 1. The lowest BCUT2D eigenvalue weighted by Gasteiger charge is -2.00. The minimum atomic E-state index is -0.924. The molecule has 8 heavy (non-hydrogen) atoms. The lowest BCUT2D eigenvalue weighted by atomic mass is 10.2. The average Bonchev–Trinajstić information content (AvgIpc) is 1.67. The zero-order valence-corrected chi connectivity index (χ0v) is 4.76. The monoisotopic (exact) mass is 117 g/mol. The summed E-state index contributed by atoms with van der Waals surface area (Å²) in [6.45, 7) is 3.48. The van der Waals surface area contributed by atoms with E-state index >= 15 is 0 Å². The van der Waals surface area contributed by atoms with Crippen molar-refractivity contribution in [2.24, 2.45) is 5.92 Å². The predicted octanol–water partition coefficient (Wildman–Crippen LogP) is 0.168. The maximum absolute atomic E-state index is 9.95. The number of ether oxygens (including phenoxy) is 1. The highest BCUT2D eigenvalue weighted by Gasteiger charge is 2.08. The molecule has 3 nitrogen and oxygen atoms in total. The molecule has 0 aliphatic heterocycles. The van der Waals surface area contributed by atoms with Crippen molar-refractivity contribution >= 4 is 5.97 Å². The van der Waals surface area contributed by atoms with E-state index in [2.05, 4.69) is 11.7 Å². The van der Waals surface area contributed by atoms with Crippen LogP contribution in [0.15, 0.2) is 0 Å². The number of aliphatic carboxylic acids is 1. The maximum Gasteiger partial charge on any atom is 0.308 e. The van der Waals surface area contributed by atoms with Crippen LogP contribution < -0.4 is 0 Å². The summed E-state index contributed by atoms with van der Waals surface area (Å²) in [7, 11) is 1.45. The van der Waals surface area contributed by atoms with Crippen molar-refractivity contribution in [2.75, 3.05) is 13.7 Å². The number of hydrogen-bond donors (Lipinski definition) is 1. The first kappa shape index (κ1) is 7.43. The van der Waals surface area contributed by atoms with E-state index in [1.807, 2.05) is 0 Å². The summed E-state index contributed by atoms with van der Waals surface area (Å²) >= 11 is 0. The van der Waals surface area contributed by atoms with Crippen LogP contribution in [0.3, 0.4) is 0 Å². The number of rotatable bonds is 3. The van der Waals surface area contributed by atoms with Gasteiger partial charge in [-0.25, -0.2) is 0 Å². The fourth-order valence-electron chi connectivity index (χ4n) is 0.272. The summed E-state index contributed by atoms with van der Waals surface area (Å²) in [6.07, 6.45) is 0. The Morgan fingerprint density at radius 3 is 2.62 bits per heavy atom. The zero-order chi connectivity index (χ0) is 6.57. The van der Waals surface area contributed by atoms with Gasteiger partial charge in [0.1, 0.15) is 0 Å². The van der Waals surface area contributed by atoms with Crippen molar-refractivity contribution in [2.45, 2.75) is 0 Å². The summed E-state index contributed by atoms with van der Waals surface area (Å²) in [5.74, 6) is -1.56. The van der Waals surface area contributed by atoms with Crippen molar-refractivity contribution in [1.82, 2.24) is 0 Å². The van der Waals surface area contributed by atoms with E-state index in [9.17, 15) is 4.79 Å². The molecular formula is C5H9O3. The van der Waals surface area contributed by atoms with Crippen molar-refractivity contribution < 1.29 is 14.6 Å². The smallest absolute Gasteiger partial charge is 0.308 e. The van der Waals surface area contributed by atoms with Gasteiger partial charge in [0.25, 0.3) is 0 Å². The second-order valence-electron chi connectivity index (χ2n) is 1.49. The fourth-order valence-corrected chi connectivity index (χ4v) is 0.272. The van der Waals surface area contributed by atoms with E-state index in [0.29, 0.717) is 0 Å². The lowest BCUT2D eigenvalue weighted by Crippen LogP contribution is -2.14. The highest BCUT2D eigenvalue weighted by atomic mass is 16.5. The highest BCUT2D eigenvalue weighted by molar-refractivity contribution is 5.70. The Kier molecular flexibility index (Phi) is 3.19. The van der Waals surface area contributed by atoms with Gasteiger partial charge in [-0.15, -0.1) is 0 Å². The molecule has 0 amide bonds. The summed E-state index contributed by atoms with van der Waals surface area (Å²) in [4.78, 5) is 9.95. The second kappa shape index (κ2) is 3.43. The number of hydrogen-bond acceptors (Lipinski definition) is 2. The minimum absolute atomic E-state index is 0.176. The molecule has 0 aliphatic rings. The van der Waals surface area contributed by atoms with Gasteiger partial charge in [-0.1, -0.05) is 0 Å². The van der Waals surface area contributed by atoms with Crippen LogP contribution in [0.4, 0.5) is 0 Å². The second-order valence-corrected chi connectivity index (χ2v) is 1.49. The molecule has 0 rings (SSSR count). The molecule has 0 aromatic heterocycles. The molecule has 0 saturated heterocycles. The van der Waals surface area contributed by atoms with Crippen LogP contribution in [0.5, 0.6) is 0 Å². The van der Waals surface area contributed by atoms with Gasteiger partial charge < -0.3 is 9.84 Å². The normalized spacial score (nSPS) is 13.2. The molecule has 0 saturated carbocycles. The number of carboxylic acids is 1. The van der Waals surface area contributed by atoms with Gasteiger partial charge in [-0.2, -0.15) is 0 Å². The Hall–Kier alpha value is -0.570. The third-order valence-corrected chi connectivity index (χ3v) is 0.717. The van der Waals surface area contributed by atoms with E-state index in [1.54, 1.807) is 0 Å². The summed E-state index contributed by atoms with van der Waals surface area (Å²) < 4.78 is 4.52. The van der Waals surface area contributed by atoms with Gasteiger partial charge >= 0.3 is 5.97 Å². The summed E-state index contributed by atoms with van der Waals surface area (Å²) in [6, 6.07) is 0. The Morgan fingerprint density at radius 2 is 2.50 bits per heavy atom. The highest BCUT2D eigenvalue weighted by Crippen LogP contribution is 1.91. The largest absolute Gasteiger partial charge is 0.481 e. The third kappa shape index (κ3) is 2.58. The van der Waals surface area contributed by atoms with Gasteiger partial charge in [0.2, 0.25) is 0 Å². The minimum Gasteiger partial charge on any atom is -0.481 e. The molecule has 1 atom stereocenters. The van der Waals surface area contributed by atoms with E-state index in [-0.39, 0.29) is 6.61 Å². The van der Waals surface area contributed by atoms with E-state index in [1.165, 1.54) is 7.11 Å². The van der Waals surface area contributed by atoms with E-state index < -0.39 is 11.9 Å². The fraction of sp³-hybridized carbons (Fsp3) is 0.600. The van der Waals surface area contributed by atoms with E-state index in [4.69, 9.17) is 5.11 Å². The first-order valence-corrected chi connectivity index (χ1v) is 2.23. The van der Waals surface area contributed by atoms with Crippen molar-refractivity contribution in [3.05, 3.63) is 6.92 Å². The van der Waals surface area contributed by atoms with Gasteiger partial charge in [-0.05, 0) is 6.92 Å². The van der Waals surface area contributed by atoms with Crippen molar-refractivity contribution in [3.8, 4) is 0 Å². The molecule has 0 bridgehead atoms. The first-order valence-electron chi connectivity index (χ1n) is 2.23. The first-order chi connectivity index (χ1) is 3.68. The molecule has 0 aromatic carbocycles. The molecule has 0 fully saturated rings. The topological polar surface area (TPSA) is 46.5 Å². The van der Waals surface area contributed by atoms with Gasteiger partial charge in [-0.3, -0.25) is 4.79 Å². The van der Waals surface area contributed by atoms with Gasteiger partial charge in [0.05, 0.1) is 12.5 Å². The third-order valence-electron chi connectivity index (χ3n) is 0.717. The van der Waals surface area contributed by atoms with Gasteiger partial charge in [0.15, 0.2) is 0 Å². The molecule has 47 valence electrons. The Balaban J connectivity index is 3.32. The molecule has 0 aromatic rings. The summed E-state index contributed by atoms with van der Waals surface area (Å²) in [5, 5.41) is 8.17. The lowest BCUT2D eigenvalue weighted by molar-refractivity contribution is -0.141. The molecule has 0 spiro atoms. The molecular weight excluding hydrogens is 108 g/mol. The Bertz CT molecular complexity index is 79.7. The van der Waals surface area contributed by atoms with Crippen LogP contribution in [0.25, 0.3) is 0 Å². The van der Waals surface area contributed by atoms with Crippen LogP contribution in [-0.2, 0) is 9.53 Å². The van der Waals surface area contributed by atoms with Crippen LogP contribution >= 0.6 is 0 Å². The quantitative estimate of drug-likeness (QED) is 0.573. The van der Waals surface area contributed by atoms with Crippen LogP contribution in [-0.4, -0.2) is 24.8 Å². The molecule has 1 radical (unpaired) electrons. The average molecular weight is 117 g/mol. The maximum atomic E-state index is 9.95. The van der Waals surface area contributed by atoms with E-state index in [0.717, 1.165) is 0 Å². The predicted molar refractivity (Wildman–Crippen MR) is 28.4 cm³/mol. The van der Waals surface area contributed by atoms with Gasteiger partial charge in [0, 0.05) is 7.11 Å². The van der Waals surface area contributed by atoms with Crippen LogP contribution in [0.1, 0.15) is 0 Å². The standard InChI is InChI=1S/C5H9O3/c1-4(3-8-2)5(6)7/h4H,1,3H2,2H3,(H,6,7). The van der Waals surface area contributed by atoms with Crippen molar-refractivity contribution in [3.63, 3.8) is 0 Å². The Morgan fingerprint density at radius 1 is 2.00 bits per heavy atom. The molecule has 0 aliphatic carbocycles. The molecule has 3 heteroatoms. The van der Waals surface area contributed by atoms with Crippen molar-refractivity contribution in [1.29, 1.82) is 0 Å².